The van der Waals surface area contributed by atoms with E-state index in [2.05, 4.69) is 43.3 Å². The van der Waals surface area contributed by atoms with Crippen molar-refractivity contribution in [2.75, 3.05) is 33.3 Å². The molecule has 3 aliphatic rings. The van der Waals surface area contributed by atoms with Gasteiger partial charge in [0.05, 0.1) is 12.8 Å². The number of guanidine groups is 1. The molecule has 5 rings (SSSR count). The van der Waals surface area contributed by atoms with Gasteiger partial charge in [0.15, 0.2) is 5.96 Å². The maximum absolute atomic E-state index is 14.0. The third-order valence-corrected chi connectivity index (χ3v) is 8.49. The maximum atomic E-state index is 14.0. The van der Waals surface area contributed by atoms with Crippen LogP contribution in [0.3, 0.4) is 0 Å². The minimum atomic E-state index is -0.345. The third-order valence-electron chi connectivity index (χ3n) is 8.49. The fourth-order valence-electron chi connectivity index (χ4n) is 6.61. The van der Waals surface area contributed by atoms with Crippen molar-refractivity contribution in [1.29, 1.82) is 0 Å². The van der Waals surface area contributed by atoms with Crippen molar-refractivity contribution in [3.63, 3.8) is 0 Å². The van der Waals surface area contributed by atoms with E-state index in [0.29, 0.717) is 52.9 Å². The Morgan fingerprint density at radius 2 is 1.97 bits per heavy atom. The van der Waals surface area contributed by atoms with Gasteiger partial charge < -0.3 is 26.0 Å². The number of methoxy groups -OCH3 is 1. The number of halogens is 1. The Morgan fingerprint density at radius 3 is 2.54 bits per heavy atom. The highest BCUT2D eigenvalue weighted by molar-refractivity contribution is 5.94. The van der Waals surface area contributed by atoms with Crippen LogP contribution in [0.1, 0.15) is 56.5 Å². The Kier molecular flexibility index (Phi) is 9.15. The van der Waals surface area contributed by atoms with Gasteiger partial charge in [-0.15, -0.1) is 0 Å². The van der Waals surface area contributed by atoms with Gasteiger partial charge in [0, 0.05) is 43.9 Å². The number of carbonyl (C=O) groups is 1. The smallest absolute Gasteiger partial charge is 0.251 e. The van der Waals surface area contributed by atoms with E-state index in [0.717, 1.165) is 37.4 Å². The zero-order valence-corrected chi connectivity index (χ0v) is 24.0. The quantitative estimate of drug-likeness (QED) is 0.366. The molecule has 2 aromatic rings. The van der Waals surface area contributed by atoms with Gasteiger partial charge in [0.25, 0.3) is 5.91 Å². The molecular weight excluding hydrogens is 493 g/mol. The van der Waals surface area contributed by atoms with E-state index in [4.69, 9.17) is 10.5 Å². The minimum absolute atomic E-state index is 0.219. The van der Waals surface area contributed by atoms with E-state index in [9.17, 15) is 9.18 Å². The van der Waals surface area contributed by atoms with Gasteiger partial charge in [0.2, 0.25) is 0 Å². The molecule has 4 N–H and O–H groups in total. The van der Waals surface area contributed by atoms with Crippen LogP contribution in [0.25, 0.3) is 0 Å². The molecule has 4 atom stereocenters. The van der Waals surface area contributed by atoms with Crippen molar-refractivity contribution in [1.82, 2.24) is 15.5 Å². The number of aliphatic imine (C=N–C) groups is 1. The fourth-order valence-corrected chi connectivity index (χ4v) is 6.61. The highest BCUT2D eigenvalue weighted by Crippen LogP contribution is 2.64. The predicted octanol–water partition coefficient (Wildman–Crippen LogP) is 4.74. The van der Waals surface area contributed by atoms with Gasteiger partial charge in [-0.3, -0.25) is 4.79 Å². The number of piperazine rings is 1. The Hall–Kier alpha value is -3.13. The summed E-state index contributed by atoms with van der Waals surface area (Å²) in [7, 11) is 1.49. The summed E-state index contributed by atoms with van der Waals surface area (Å²) >= 11 is 0. The highest BCUT2D eigenvalue weighted by Gasteiger charge is 2.56. The van der Waals surface area contributed by atoms with Gasteiger partial charge in [-0.05, 0) is 85.3 Å². The molecule has 39 heavy (non-hydrogen) atoms. The summed E-state index contributed by atoms with van der Waals surface area (Å²) in [6.45, 7) is 12.2. The molecule has 2 aromatic carbocycles. The average molecular weight is 538 g/mol. The van der Waals surface area contributed by atoms with Crippen molar-refractivity contribution in [3.05, 3.63) is 59.4 Å². The lowest BCUT2D eigenvalue weighted by Crippen LogP contribution is -2.55. The lowest BCUT2D eigenvalue weighted by atomic mass is 9.42. The molecule has 1 aliphatic heterocycles. The summed E-state index contributed by atoms with van der Waals surface area (Å²) < 4.78 is 19.0. The molecule has 1 amide bonds. The van der Waals surface area contributed by atoms with Crippen molar-refractivity contribution in [3.8, 4) is 5.75 Å². The zero-order valence-electron chi connectivity index (χ0n) is 24.0. The van der Waals surface area contributed by atoms with Crippen LogP contribution in [0.15, 0.2) is 47.5 Å². The molecule has 0 bridgehead atoms. The third kappa shape index (κ3) is 7.10. The number of hydrogen-bond acceptors (Lipinski definition) is 4. The average Bonchev–Trinajstić information content (AvgIpc) is 2.89. The zero-order chi connectivity index (χ0) is 28.2. The van der Waals surface area contributed by atoms with Gasteiger partial charge in [-0.25, -0.2) is 9.38 Å². The Labute approximate surface area is 232 Å². The first-order chi connectivity index (χ1) is 18.6. The van der Waals surface area contributed by atoms with E-state index in [1.165, 1.54) is 26.0 Å². The normalized spacial score (nSPS) is 25.3. The van der Waals surface area contributed by atoms with Crippen LogP contribution >= 0.6 is 0 Å². The largest absolute Gasteiger partial charge is 0.497 e. The van der Waals surface area contributed by atoms with Gasteiger partial charge in [-0.1, -0.05) is 26.8 Å². The maximum Gasteiger partial charge on any atom is 0.251 e. The van der Waals surface area contributed by atoms with Gasteiger partial charge in [-0.2, -0.15) is 0 Å². The fraction of sp³-hybridized carbons (Fsp3) is 0.548. The minimum Gasteiger partial charge on any atom is -0.497 e. The monoisotopic (exact) mass is 537 g/mol. The second kappa shape index (κ2) is 12.4. The van der Waals surface area contributed by atoms with Gasteiger partial charge >= 0.3 is 0 Å². The van der Waals surface area contributed by atoms with Gasteiger partial charge in [0.1, 0.15) is 11.6 Å². The van der Waals surface area contributed by atoms with E-state index >= 15 is 0 Å². The first-order valence-corrected chi connectivity index (χ1v) is 14.1. The van der Waals surface area contributed by atoms with Crippen molar-refractivity contribution < 1.29 is 13.9 Å². The van der Waals surface area contributed by atoms with E-state index < -0.39 is 0 Å². The molecule has 1 saturated heterocycles. The molecule has 0 spiro atoms. The number of carbonyl (C=O) groups excluding carboxylic acids is 1. The van der Waals surface area contributed by atoms with Crippen LogP contribution < -0.4 is 21.1 Å². The van der Waals surface area contributed by atoms with E-state index in [-0.39, 0.29) is 11.7 Å². The van der Waals surface area contributed by atoms with Crippen LogP contribution in [0.2, 0.25) is 0 Å². The predicted molar refractivity (Wildman–Crippen MR) is 155 cm³/mol. The van der Waals surface area contributed by atoms with Crippen molar-refractivity contribution >= 4 is 17.6 Å². The summed E-state index contributed by atoms with van der Waals surface area (Å²) in [5.74, 6) is 3.65. The molecule has 0 aromatic heterocycles. The lowest BCUT2D eigenvalue weighted by Gasteiger charge is -2.63. The van der Waals surface area contributed by atoms with Crippen molar-refractivity contribution in [2.45, 2.75) is 53.0 Å². The topological polar surface area (TPSA) is 92.0 Å². The molecule has 8 heteroatoms. The number of nitrogens with zero attached hydrogens (tertiary/aromatic N) is 2. The van der Waals surface area contributed by atoms with Crippen LogP contribution in [-0.2, 0) is 6.42 Å². The number of nitrogens with two attached hydrogens (primary N) is 1. The first kappa shape index (κ1) is 28.9. The molecule has 0 radical (unpaired) electrons. The van der Waals surface area contributed by atoms with E-state index in [1.54, 1.807) is 36.4 Å². The number of amides is 1. The van der Waals surface area contributed by atoms with Crippen LogP contribution in [0, 0.1) is 29.0 Å². The molecule has 212 valence electrons. The number of benzene rings is 2. The van der Waals surface area contributed by atoms with Crippen LogP contribution in [-0.4, -0.2) is 56.1 Å². The Bertz CT molecular complexity index is 1160. The number of hydrogen-bond donors (Lipinski definition) is 3. The molecule has 2 aliphatic carbocycles. The molecular formula is C31H44FN5O2. The second-order valence-electron chi connectivity index (χ2n) is 12.0. The molecule has 1 heterocycles. The summed E-state index contributed by atoms with van der Waals surface area (Å²) in [5, 5.41) is 6.17. The summed E-state index contributed by atoms with van der Waals surface area (Å²) in [5.41, 5.74) is 8.56. The molecule has 7 nitrogen and oxygen atoms in total. The summed E-state index contributed by atoms with van der Waals surface area (Å²) in [6.07, 6.45) is 3.42. The molecule has 3 fully saturated rings. The summed E-state index contributed by atoms with van der Waals surface area (Å²) in [4.78, 5) is 18.8. The van der Waals surface area contributed by atoms with E-state index in [1.807, 2.05) is 4.90 Å². The summed E-state index contributed by atoms with van der Waals surface area (Å²) in [6, 6.07) is 12.0. The van der Waals surface area contributed by atoms with Crippen LogP contribution in [0.4, 0.5) is 10.1 Å². The Morgan fingerprint density at radius 1 is 1.23 bits per heavy atom. The highest BCUT2D eigenvalue weighted by atomic mass is 19.1. The SMILES string of the molecule is CC1CC2CC(C)(C)[C@H]12.COc1ccc(CCNC(=O)c2ccc(N=C(N)N3CCN[C@@H](C)C3)cc2)c(F)c1. The number of ether oxygens (including phenoxy) is 1. The molecule has 2 unspecified atom stereocenters. The second-order valence-corrected chi connectivity index (χ2v) is 12.0. The number of rotatable bonds is 6. The Balaban J connectivity index is 0.000000327. The number of nitrogens with one attached hydrogen (secondary N) is 2. The lowest BCUT2D eigenvalue weighted by molar-refractivity contribution is -0.137. The van der Waals surface area contributed by atoms with Crippen LogP contribution in [0.5, 0.6) is 5.75 Å². The standard InChI is InChI=1S/C22H28FN5O2.C9H16/c1-15-14-28(12-11-25-15)22(24)27-18-6-3-17(4-7-18)21(29)26-10-9-16-5-8-19(30-2)13-20(16)23;1-6-4-7-5-9(2,3)8(6)7/h3-8,13,15,25H,9-12,14H2,1-2H3,(H2,24,27)(H,26,29);6-8H,4-5H2,1-3H3/t15-;6?,7?,8-/m01/s1. The number of fused-ring (bicyclic) bond motifs is 1. The molecule has 2 saturated carbocycles. The first-order valence-electron chi connectivity index (χ1n) is 14.1. The van der Waals surface area contributed by atoms with Crippen molar-refractivity contribution in [2.24, 2.45) is 33.9 Å².